The van der Waals surface area contributed by atoms with Gasteiger partial charge in [0.2, 0.25) is 5.88 Å². The first-order valence-corrected chi connectivity index (χ1v) is 10.2. The molecule has 0 aliphatic carbocycles. The summed E-state index contributed by atoms with van der Waals surface area (Å²) in [6.07, 6.45) is 0. The number of carbonyl (C=O) groups is 3. The van der Waals surface area contributed by atoms with Gasteiger partial charge in [-0.25, -0.2) is 9.59 Å². The van der Waals surface area contributed by atoms with Gasteiger partial charge in [-0.1, -0.05) is 26.0 Å². The van der Waals surface area contributed by atoms with Crippen LogP contribution in [-0.2, 0) is 14.3 Å². The minimum atomic E-state index is -0.792. The minimum Gasteiger partial charge on any atom is -0.483 e. The fraction of sp³-hybridized carbons (Fsp3) is 0.435. The number of anilines is 1. The van der Waals surface area contributed by atoms with E-state index < -0.39 is 17.8 Å². The lowest BCUT2D eigenvalue weighted by atomic mass is 10.0. The van der Waals surface area contributed by atoms with E-state index in [-0.39, 0.29) is 48.5 Å². The second-order valence-electron chi connectivity index (χ2n) is 7.21. The second kappa shape index (κ2) is 10.7. The fourth-order valence-electron chi connectivity index (χ4n) is 3.03. The molecule has 0 atom stereocenters. The third kappa shape index (κ3) is 5.87. The first-order valence-electron chi connectivity index (χ1n) is 10.2. The molecular formula is C23H29NO7. The third-order valence-corrected chi connectivity index (χ3v) is 4.45. The van der Waals surface area contributed by atoms with Gasteiger partial charge >= 0.3 is 11.9 Å². The Morgan fingerprint density at radius 1 is 1.00 bits per heavy atom. The van der Waals surface area contributed by atoms with E-state index in [4.69, 9.17) is 18.6 Å². The number of furan rings is 1. The maximum absolute atomic E-state index is 12.5. The van der Waals surface area contributed by atoms with Crippen LogP contribution in [0.5, 0.6) is 5.75 Å². The predicted octanol–water partition coefficient (Wildman–Crippen LogP) is 4.39. The summed E-state index contributed by atoms with van der Waals surface area (Å²) in [5.74, 6) is -1.29. The second-order valence-corrected chi connectivity index (χ2v) is 7.21. The van der Waals surface area contributed by atoms with Gasteiger partial charge in [0.05, 0.1) is 13.2 Å². The van der Waals surface area contributed by atoms with Gasteiger partial charge in [0.15, 0.2) is 6.61 Å². The first kappa shape index (κ1) is 24.0. The lowest BCUT2D eigenvalue weighted by Gasteiger charge is -2.14. The molecule has 1 N–H and O–H groups in total. The molecule has 0 aliphatic rings. The molecule has 168 valence electrons. The molecule has 8 heteroatoms. The Kier molecular flexibility index (Phi) is 8.24. The molecule has 2 rings (SSSR count). The predicted molar refractivity (Wildman–Crippen MR) is 115 cm³/mol. The number of amides is 1. The van der Waals surface area contributed by atoms with Gasteiger partial charge in [-0.15, -0.1) is 0 Å². The highest BCUT2D eigenvalue weighted by Gasteiger charge is 2.31. The van der Waals surface area contributed by atoms with E-state index in [2.05, 4.69) is 5.32 Å². The number of rotatable bonds is 9. The number of nitrogens with one attached hydrogen (secondary N) is 1. The van der Waals surface area contributed by atoms with Crippen LogP contribution in [-0.4, -0.2) is 37.7 Å². The molecule has 0 spiro atoms. The smallest absolute Gasteiger partial charge is 0.344 e. The minimum absolute atomic E-state index is 0.0719. The maximum atomic E-state index is 12.5. The lowest BCUT2D eigenvalue weighted by Crippen LogP contribution is -2.22. The molecule has 0 radical (unpaired) electrons. The molecule has 0 bridgehead atoms. The van der Waals surface area contributed by atoms with Crippen molar-refractivity contribution in [2.45, 2.75) is 47.5 Å². The molecule has 1 aromatic heterocycles. The molecule has 1 amide bonds. The van der Waals surface area contributed by atoms with E-state index in [1.54, 1.807) is 13.8 Å². The van der Waals surface area contributed by atoms with Crippen LogP contribution in [0, 0.1) is 13.8 Å². The normalized spacial score (nSPS) is 10.7. The summed E-state index contributed by atoms with van der Waals surface area (Å²) < 4.78 is 21.2. The summed E-state index contributed by atoms with van der Waals surface area (Å²) in [6.45, 7) is 10.7. The van der Waals surface area contributed by atoms with Crippen LogP contribution in [0.4, 0.5) is 5.88 Å². The zero-order valence-electron chi connectivity index (χ0n) is 18.8. The van der Waals surface area contributed by atoms with E-state index in [9.17, 15) is 14.4 Å². The molecule has 0 unspecified atom stereocenters. The lowest BCUT2D eigenvalue weighted by molar-refractivity contribution is -0.118. The van der Waals surface area contributed by atoms with Crippen LogP contribution in [0.1, 0.15) is 71.2 Å². The molecule has 31 heavy (non-hydrogen) atoms. The largest absolute Gasteiger partial charge is 0.483 e. The van der Waals surface area contributed by atoms with Crippen molar-refractivity contribution >= 4 is 23.7 Å². The van der Waals surface area contributed by atoms with Crippen LogP contribution in [0.2, 0.25) is 0 Å². The highest BCUT2D eigenvalue weighted by molar-refractivity contribution is 6.09. The monoisotopic (exact) mass is 431 g/mol. The summed E-state index contributed by atoms with van der Waals surface area (Å²) >= 11 is 0. The third-order valence-electron chi connectivity index (χ3n) is 4.45. The van der Waals surface area contributed by atoms with E-state index in [0.717, 1.165) is 11.1 Å². The average Bonchev–Trinajstić information content (AvgIpc) is 3.02. The number of ether oxygens (including phenoxy) is 3. The van der Waals surface area contributed by atoms with Gasteiger partial charge in [0.1, 0.15) is 22.6 Å². The molecule has 1 heterocycles. The van der Waals surface area contributed by atoms with Crippen molar-refractivity contribution in [1.29, 1.82) is 0 Å². The van der Waals surface area contributed by atoms with Crippen molar-refractivity contribution < 1.29 is 33.0 Å². The Bertz CT molecular complexity index is 959. The molecule has 0 aliphatic heterocycles. The van der Waals surface area contributed by atoms with E-state index in [1.165, 1.54) is 6.92 Å². The van der Waals surface area contributed by atoms with Crippen LogP contribution >= 0.6 is 0 Å². The van der Waals surface area contributed by atoms with Crippen LogP contribution in [0.3, 0.4) is 0 Å². The van der Waals surface area contributed by atoms with Crippen LogP contribution in [0.25, 0.3) is 0 Å². The summed E-state index contributed by atoms with van der Waals surface area (Å²) in [6, 6.07) is 5.81. The van der Waals surface area contributed by atoms with Crippen molar-refractivity contribution in [2.75, 3.05) is 25.1 Å². The van der Waals surface area contributed by atoms with Crippen molar-refractivity contribution in [3.05, 3.63) is 46.2 Å². The summed E-state index contributed by atoms with van der Waals surface area (Å²) in [4.78, 5) is 37.3. The Labute approximate surface area is 181 Å². The maximum Gasteiger partial charge on any atom is 0.344 e. The number of hydrogen-bond donors (Lipinski definition) is 1. The number of benzene rings is 1. The molecule has 0 saturated heterocycles. The van der Waals surface area contributed by atoms with Crippen molar-refractivity contribution in [3.8, 4) is 5.75 Å². The van der Waals surface area contributed by atoms with Crippen molar-refractivity contribution in [1.82, 2.24) is 0 Å². The zero-order chi connectivity index (χ0) is 23.1. The number of hydrogen-bond acceptors (Lipinski definition) is 7. The fourth-order valence-corrected chi connectivity index (χ4v) is 3.03. The highest BCUT2D eigenvalue weighted by Crippen LogP contribution is 2.30. The number of esters is 2. The van der Waals surface area contributed by atoms with E-state index in [0.29, 0.717) is 5.75 Å². The Morgan fingerprint density at radius 2 is 1.61 bits per heavy atom. The van der Waals surface area contributed by atoms with Gasteiger partial charge in [-0.3, -0.25) is 10.1 Å². The summed E-state index contributed by atoms with van der Waals surface area (Å²) in [5, 5.41) is 2.50. The Hall–Kier alpha value is -3.29. The number of carbonyl (C=O) groups excluding carboxylic acids is 3. The molecule has 1 aromatic carbocycles. The van der Waals surface area contributed by atoms with Crippen molar-refractivity contribution in [3.63, 3.8) is 0 Å². The van der Waals surface area contributed by atoms with E-state index >= 15 is 0 Å². The summed E-state index contributed by atoms with van der Waals surface area (Å²) in [5.41, 5.74) is 1.73. The van der Waals surface area contributed by atoms with Crippen LogP contribution in [0.15, 0.2) is 22.6 Å². The molecular weight excluding hydrogens is 402 g/mol. The molecule has 0 fully saturated rings. The zero-order valence-corrected chi connectivity index (χ0v) is 18.8. The van der Waals surface area contributed by atoms with Gasteiger partial charge in [0, 0.05) is 0 Å². The summed E-state index contributed by atoms with van der Waals surface area (Å²) in [7, 11) is 0. The van der Waals surface area contributed by atoms with E-state index in [1.807, 2.05) is 39.0 Å². The molecule has 2 aromatic rings. The topological polar surface area (TPSA) is 104 Å². The van der Waals surface area contributed by atoms with Crippen LogP contribution < -0.4 is 10.1 Å². The number of aryl methyl sites for hydroxylation is 2. The first-order chi connectivity index (χ1) is 14.7. The molecule has 0 saturated carbocycles. The van der Waals surface area contributed by atoms with Gasteiger partial charge in [0.25, 0.3) is 5.91 Å². The average molecular weight is 431 g/mol. The van der Waals surface area contributed by atoms with Crippen molar-refractivity contribution in [2.24, 2.45) is 0 Å². The van der Waals surface area contributed by atoms with Gasteiger partial charge in [-0.05, 0) is 50.8 Å². The standard InChI is InChI=1S/C23H29NO7/c1-7-28-22(26)19-15(6)31-21(20(19)23(27)29-8-2)24-18(25)12-30-17-11-14(5)9-10-16(17)13(3)4/h9-11,13H,7-8,12H2,1-6H3,(H,24,25). The Morgan fingerprint density at radius 3 is 2.19 bits per heavy atom. The highest BCUT2D eigenvalue weighted by atomic mass is 16.5. The Balaban J connectivity index is 2.25. The van der Waals surface area contributed by atoms with Gasteiger partial charge in [-0.2, -0.15) is 0 Å². The molecule has 8 nitrogen and oxygen atoms in total. The quantitative estimate of drug-likeness (QED) is 0.587. The SMILES string of the molecule is CCOC(=O)c1c(C)oc(NC(=O)COc2cc(C)ccc2C(C)C)c1C(=O)OCC. The van der Waals surface area contributed by atoms with Gasteiger partial charge < -0.3 is 18.6 Å².